The summed E-state index contributed by atoms with van der Waals surface area (Å²) in [5.74, 6) is 0.351. The third kappa shape index (κ3) is 2.70. The summed E-state index contributed by atoms with van der Waals surface area (Å²) >= 11 is 0. The normalized spacial score (nSPS) is 27.2. The lowest BCUT2D eigenvalue weighted by Crippen LogP contribution is -2.57. The topological polar surface area (TPSA) is 40.6 Å². The minimum absolute atomic E-state index is 0.0131. The Hall–Kier alpha value is -1.91. The molecule has 3 aliphatic rings. The van der Waals surface area contributed by atoms with E-state index in [1.54, 1.807) is 13.0 Å². The molecule has 4 rings (SSSR count). The van der Waals surface area contributed by atoms with E-state index in [0.29, 0.717) is 54.5 Å². The predicted molar refractivity (Wildman–Crippen MR) is 88.0 cm³/mol. The lowest BCUT2D eigenvalue weighted by atomic mass is 9.83. The van der Waals surface area contributed by atoms with E-state index in [4.69, 9.17) is 0 Å². The van der Waals surface area contributed by atoms with Crippen molar-refractivity contribution in [3.63, 3.8) is 0 Å². The van der Waals surface area contributed by atoms with Crippen LogP contribution >= 0.6 is 0 Å². The number of piperidine rings is 2. The molecule has 1 aromatic rings. The van der Waals surface area contributed by atoms with Crippen LogP contribution in [-0.4, -0.2) is 46.8 Å². The fraction of sp³-hybridized carbons (Fsp3) is 0.579. The molecular weight excluding hydrogens is 307 g/mol. The average Bonchev–Trinajstić information content (AvgIpc) is 3.38. The van der Waals surface area contributed by atoms with Crippen LogP contribution in [0.2, 0.25) is 0 Å². The molecule has 128 valence electrons. The number of rotatable bonds is 2. The molecule has 0 bridgehead atoms. The fourth-order valence-corrected chi connectivity index (χ4v) is 4.34. The van der Waals surface area contributed by atoms with Gasteiger partial charge in [0.05, 0.1) is 0 Å². The summed E-state index contributed by atoms with van der Waals surface area (Å²) < 4.78 is 13.3. The molecule has 5 heteroatoms. The van der Waals surface area contributed by atoms with Crippen molar-refractivity contribution in [2.75, 3.05) is 13.1 Å². The van der Waals surface area contributed by atoms with Gasteiger partial charge < -0.3 is 9.80 Å². The molecule has 0 spiro atoms. The molecule has 2 aliphatic heterocycles. The summed E-state index contributed by atoms with van der Waals surface area (Å²) in [4.78, 5) is 29.1. The van der Waals surface area contributed by atoms with Gasteiger partial charge in [0.15, 0.2) is 0 Å². The van der Waals surface area contributed by atoms with Gasteiger partial charge in [-0.25, -0.2) is 4.39 Å². The molecule has 0 aromatic heterocycles. The molecule has 2 heterocycles. The number of fused-ring (bicyclic) bond motifs is 1. The maximum Gasteiger partial charge on any atom is 0.254 e. The number of halogens is 1. The Morgan fingerprint density at radius 2 is 2.00 bits per heavy atom. The molecule has 0 radical (unpaired) electrons. The van der Waals surface area contributed by atoms with E-state index < -0.39 is 0 Å². The number of nitrogens with zero attached hydrogens (tertiary/aromatic N) is 2. The van der Waals surface area contributed by atoms with Crippen LogP contribution in [0.3, 0.4) is 0 Å². The second kappa shape index (κ2) is 5.87. The van der Waals surface area contributed by atoms with Crippen LogP contribution < -0.4 is 0 Å². The van der Waals surface area contributed by atoms with Crippen molar-refractivity contribution in [2.45, 2.75) is 51.1 Å². The van der Waals surface area contributed by atoms with Gasteiger partial charge in [0.1, 0.15) is 5.82 Å². The first-order chi connectivity index (χ1) is 11.5. The van der Waals surface area contributed by atoms with Crippen molar-refractivity contribution < 1.29 is 14.0 Å². The van der Waals surface area contributed by atoms with Gasteiger partial charge in [0.25, 0.3) is 5.91 Å². The number of benzene rings is 1. The first-order valence-corrected chi connectivity index (χ1v) is 8.91. The number of aryl methyl sites for hydroxylation is 1. The summed E-state index contributed by atoms with van der Waals surface area (Å²) in [5.41, 5.74) is 1.27. The lowest BCUT2D eigenvalue weighted by Gasteiger charge is -2.47. The Kier molecular flexibility index (Phi) is 3.82. The molecular formula is C19H23FN2O2. The SMILES string of the molecule is Cc1cc(F)ccc1C(=O)N1CC[C@@H]2[C@@H](CCC(=O)N2C2CC2)C1. The minimum atomic E-state index is -0.311. The van der Waals surface area contributed by atoms with Crippen molar-refractivity contribution in [3.05, 3.63) is 35.1 Å². The largest absolute Gasteiger partial charge is 0.338 e. The fourth-order valence-electron chi connectivity index (χ4n) is 4.34. The number of carbonyl (C=O) groups excluding carboxylic acids is 2. The van der Waals surface area contributed by atoms with Crippen molar-refractivity contribution in [1.29, 1.82) is 0 Å². The van der Waals surface area contributed by atoms with E-state index in [-0.39, 0.29) is 11.7 Å². The zero-order chi connectivity index (χ0) is 16.8. The molecule has 1 saturated carbocycles. The van der Waals surface area contributed by atoms with Crippen molar-refractivity contribution in [1.82, 2.24) is 9.80 Å². The highest BCUT2D eigenvalue weighted by atomic mass is 19.1. The molecule has 4 nitrogen and oxygen atoms in total. The maximum absolute atomic E-state index is 13.3. The number of amides is 2. The molecule has 2 amide bonds. The van der Waals surface area contributed by atoms with Gasteiger partial charge in [-0.05, 0) is 62.3 Å². The monoisotopic (exact) mass is 330 g/mol. The van der Waals surface area contributed by atoms with Crippen molar-refractivity contribution in [3.8, 4) is 0 Å². The molecule has 1 aromatic carbocycles. The second-order valence-electron chi connectivity index (χ2n) is 7.40. The third-order valence-electron chi connectivity index (χ3n) is 5.71. The summed E-state index contributed by atoms with van der Waals surface area (Å²) in [5, 5.41) is 0. The van der Waals surface area contributed by atoms with Crippen molar-refractivity contribution >= 4 is 11.8 Å². The Balaban J connectivity index is 1.50. The first kappa shape index (κ1) is 15.6. The molecule has 0 unspecified atom stereocenters. The molecule has 2 saturated heterocycles. The number of hydrogen-bond donors (Lipinski definition) is 0. The predicted octanol–water partition coefficient (Wildman–Crippen LogP) is 2.75. The molecule has 24 heavy (non-hydrogen) atoms. The van der Waals surface area contributed by atoms with Gasteiger partial charge in [-0.3, -0.25) is 9.59 Å². The van der Waals surface area contributed by atoms with E-state index in [2.05, 4.69) is 4.90 Å². The summed E-state index contributed by atoms with van der Waals surface area (Å²) in [6.45, 7) is 3.15. The van der Waals surface area contributed by atoms with Gasteiger partial charge in [0.2, 0.25) is 5.91 Å². The number of likely N-dealkylation sites (tertiary alicyclic amines) is 2. The van der Waals surface area contributed by atoms with E-state index in [9.17, 15) is 14.0 Å². The van der Waals surface area contributed by atoms with Crippen LogP contribution in [0, 0.1) is 18.7 Å². The molecule has 2 atom stereocenters. The zero-order valence-corrected chi connectivity index (χ0v) is 14.0. The van der Waals surface area contributed by atoms with Crippen LogP contribution in [0.4, 0.5) is 4.39 Å². The van der Waals surface area contributed by atoms with Crippen LogP contribution in [0.5, 0.6) is 0 Å². The maximum atomic E-state index is 13.3. The van der Waals surface area contributed by atoms with Crippen LogP contribution in [0.1, 0.15) is 48.0 Å². The quantitative estimate of drug-likeness (QED) is 0.836. The zero-order valence-electron chi connectivity index (χ0n) is 14.0. The Morgan fingerprint density at radius 3 is 2.71 bits per heavy atom. The minimum Gasteiger partial charge on any atom is -0.338 e. The Morgan fingerprint density at radius 1 is 1.21 bits per heavy atom. The Labute approximate surface area is 141 Å². The highest BCUT2D eigenvalue weighted by Crippen LogP contribution is 2.39. The van der Waals surface area contributed by atoms with Gasteiger partial charge in [-0.2, -0.15) is 0 Å². The highest BCUT2D eigenvalue weighted by molar-refractivity contribution is 5.95. The molecule has 0 N–H and O–H groups in total. The number of carbonyl (C=O) groups is 2. The Bertz CT molecular complexity index is 686. The second-order valence-corrected chi connectivity index (χ2v) is 7.40. The average molecular weight is 330 g/mol. The van der Waals surface area contributed by atoms with E-state index in [1.807, 2.05) is 4.90 Å². The summed E-state index contributed by atoms with van der Waals surface area (Å²) in [6.07, 6.45) is 4.60. The lowest BCUT2D eigenvalue weighted by molar-refractivity contribution is -0.141. The first-order valence-electron chi connectivity index (χ1n) is 8.91. The van der Waals surface area contributed by atoms with Gasteiger partial charge in [-0.1, -0.05) is 0 Å². The standard InChI is InChI=1S/C19H23FN2O2/c1-12-10-14(20)3-6-16(12)19(24)21-9-8-17-13(11-21)2-7-18(23)22(17)15-4-5-15/h3,6,10,13,15,17H,2,4-5,7-9,11H2,1H3/t13-,17+/m0/s1. The smallest absolute Gasteiger partial charge is 0.254 e. The van der Waals surface area contributed by atoms with Gasteiger partial charge in [-0.15, -0.1) is 0 Å². The highest BCUT2D eigenvalue weighted by Gasteiger charge is 2.45. The number of hydrogen-bond acceptors (Lipinski definition) is 2. The van der Waals surface area contributed by atoms with Crippen LogP contribution in [0.15, 0.2) is 18.2 Å². The third-order valence-corrected chi connectivity index (χ3v) is 5.71. The van der Waals surface area contributed by atoms with Crippen molar-refractivity contribution in [2.24, 2.45) is 5.92 Å². The van der Waals surface area contributed by atoms with E-state index >= 15 is 0 Å². The summed E-state index contributed by atoms with van der Waals surface area (Å²) in [7, 11) is 0. The summed E-state index contributed by atoms with van der Waals surface area (Å²) in [6, 6.07) is 5.10. The van der Waals surface area contributed by atoms with E-state index in [1.165, 1.54) is 12.1 Å². The molecule has 1 aliphatic carbocycles. The van der Waals surface area contributed by atoms with Crippen LogP contribution in [0.25, 0.3) is 0 Å². The van der Waals surface area contributed by atoms with Gasteiger partial charge >= 0.3 is 0 Å². The molecule has 3 fully saturated rings. The van der Waals surface area contributed by atoms with Gasteiger partial charge in [0, 0.05) is 37.2 Å². The van der Waals surface area contributed by atoms with E-state index in [0.717, 1.165) is 25.7 Å². The van der Waals surface area contributed by atoms with Crippen LogP contribution in [-0.2, 0) is 4.79 Å².